The Balaban J connectivity index is 0.000000130. The fourth-order valence-electron chi connectivity index (χ4n) is 26.8. The van der Waals surface area contributed by atoms with Crippen LogP contribution in [0.3, 0.4) is 0 Å². The van der Waals surface area contributed by atoms with Crippen molar-refractivity contribution in [2.75, 3.05) is 0 Å². The molecule has 0 aliphatic heterocycles. The molecular weight excluding hydrogens is 1790 g/mol. The zero-order valence-corrected chi connectivity index (χ0v) is 80.3. The van der Waals surface area contributed by atoms with Crippen LogP contribution >= 0.6 is 0 Å². The molecule has 4 nitrogen and oxygen atoms in total. The van der Waals surface area contributed by atoms with Gasteiger partial charge in [0.2, 0.25) is 0 Å². The van der Waals surface area contributed by atoms with Crippen molar-refractivity contribution in [1.29, 1.82) is 0 Å². The maximum Gasteiger partial charge on any atom is 0.0553 e. The first-order chi connectivity index (χ1) is 73.5. The monoisotopic (exact) mass is 1870 g/mol. The van der Waals surface area contributed by atoms with Gasteiger partial charge < -0.3 is 18.3 Å². The standard InChI is InChI=1S/C76H44N2.C68H40N2/c1-3-19-49-45(17-1)34-39-63-73-60-29-11-9-23-53(60)51-21-5-7-25-55(51)65(73)44-72(74(49)63)78-67-31-15-13-27-57(67)59-37-35-48(42-70(59)78)47-36-40-69-64(41-47)58-28-14-16-32-68(58)77(69)71-43-66-56-26-8-6-22-52(56)54-24-10-12-30-61(54)76(66)75-50-20-4-2-18-46(50)33-38-62(71)75;1-5-17-49-41(13-1)25-27-47-39-63(56-34-29-43-15-3-7-19-51(43)67(56)65(47)49)69-60-24-12-10-22-54(60)58-37-45(32-36-61(58)69)46-31-33-55-53-21-9-11-23-59(53)70(62(55)38-46)64-40-48-28-26-42-14-2-6-18-50(42)66(48)68-52-20-8-4-16-44(52)30-35-57(64)68/h1-44H;1-40H. The summed E-state index contributed by atoms with van der Waals surface area (Å²) < 4.78 is 10.2. The first-order valence-electron chi connectivity index (χ1n) is 51.5. The molecule has 0 aliphatic rings. The van der Waals surface area contributed by atoms with Gasteiger partial charge in [-0.1, -0.05) is 425 Å². The highest BCUT2D eigenvalue weighted by molar-refractivity contribution is 6.40. The third-order valence-corrected chi connectivity index (χ3v) is 33.2. The van der Waals surface area contributed by atoms with E-state index in [0.717, 1.165) is 0 Å². The first kappa shape index (κ1) is 81.1. The molecular formula is C144H84N4. The average Bonchev–Trinajstić information content (AvgIpc) is 1.13. The number of benzene rings is 30. The summed E-state index contributed by atoms with van der Waals surface area (Å²) in [7, 11) is 0. The summed E-state index contributed by atoms with van der Waals surface area (Å²) in [6.07, 6.45) is 0. The summed E-state index contributed by atoms with van der Waals surface area (Å²) in [6, 6.07) is 191. The molecule has 148 heavy (non-hydrogen) atoms. The molecule has 30 aromatic carbocycles. The highest BCUT2D eigenvalue weighted by atomic mass is 15.0. The van der Waals surface area contributed by atoms with Crippen molar-refractivity contribution in [3.05, 3.63) is 510 Å². The van der Waals surface area contributed by atoms with Gasteiger partial charge in [0.25, 0.3) is 0 Å². The topological polar surface area (TPSA) is 19.7 Å². The number of rotatable bonds is 6. The molecule has 0 atom stereocenters. The van der Waals surface area contributed by atoms with Crippen LogP contribution in [0.1, 0.15) is 0 Å². The van der Waals surface area contributed by atoms with Crippen molar-refractivity contribution in [2.24, 2.45) is 0 Å². The Labute approximate surface area is 847 Å². The second-order valence-corrected chi connectivity index (χ2v) is 40.6. The van der Waals surface area contributed by atoms with Gasteiger partial charge in [-0.05, 0) is 263 Å². The molecule has 0 bridgehead atoms. The lowest BCUT2D eigenvalue weighted by Crippen LogP contribution is -1.98. The van der Waals surface area contributed by atoms with Crippen molar-refractivity contribution in [3.63, 3.8) is 0 Å². The van der Waals surface area contributed by atoms with E-state index >= 15 is 0 Å². The van der Waals surface area contributed by atoms with E-state index in [1.54, 1.807) is 0 Å². The van der Waals surface area contributed by atoms with E-state index in [0.29, 0.717) is 0 Å². The van der Waals surface area contributed by atoms with Gasteiger partial charge >= 0.3 is 0 Å². The Hall–Kier alpha value is -19.5. The van der Waals surface area contributed by atoms with E-state index in [1.807, 2.05) is 0 Å². The Kier molecular flexibility index (Phi) is 17.0. The van der Waals surface area contributed by atoms with Gasteiger partial charge in [0, 0.05) is 80.8 Å². The predicted octanol–water partition coefficient (Wildman–Crippen LogP) is 39.9. The largest absolute Gasteiger partial charge is 0.309 e. The van der Waals surface area contributed by atoms with Crippen LogP contribution < -0.4 is 0 Å². The molecule has 0 radical (unpaired) electrons. The predicted molar refractivity (Wildman–Crippen MR) is 636 cm³/mol. The van der Waals surface area contributed by atoms with Crippen LogP contribution in [0, 0.1) is 0 Å². The van der Waals surface area contributed by atoms with Gasteiger partial charge in [-0.3, -0.25) is 0 Å². The molecule has 4 aromatic heterocycles. The second kappa shape index (κ2) is 31.0. The Morgan fingerprint density at radius 2 is 0.304 bits per heavy atom. The lowest BCUT2D eigenvalue weighted by Gasteiger charge is -2.19. The zero-order chi connectivity index (χ0) is 96.3. The van der Waals surface area contributed by atoms with Gasteiger partial charge in [0.1, 0.15) is 0 Å². The molecule has 0 spiro atoms. The van der Waals surface area contributed by atoms with Gasteiger partial charge in [-0.15, -0.1) is 0 Å². The number of fused-ring (bicyclic) bond motifs is 46. The average molecular weight is 1870 g/mol. The van der Waals surface area contributed by atoms with E-state index < -0.39 is 0 Å². The van der Waals surface area contributed by atoms with E-state index in [-0.39, 0.29) is 0 Å². The van der Waals surface area contributed by atoms with E-state index in [9.17, 15) is 0 Å². The van der Waals surface area contributed by atoms with Gasteiger partial charge in [-0.25, -0.2) is 0 Å². The van der Waals surface area contributed by atoms with Crippen LogP contribution in [0.5, 0.6) is 0 Å². The third-order valence-electron chi connectivity index (χ3n) is 33.2. The van der Waals surface area contributed by atoms with E-state index in [2.05, 4.69) is 528 Å². The van der Waals surface area contributed by atoms with Crippen LogP contribution in [0.2, 0.25) is 0 Å². The minimum absolute atomic E-state index is 1.18. The second-order valence-electron chi connectivity index (χ2n) is 40.6. The lowest BCUT2D eigenvalue weighted by molar-refractivity contribution is 1.20. The van der Waals surface area contributed by atoms with Crippen LogP contribution in [0.15, 0.2) is 510 Å². The highest BCUT2D eigenvalue weighted by Gasteiger charge is 2.29. The Morgan fingerprint density at radius 3 is 0.696 bits per heavy atom. The molecule has 0 unspecified atom stereocenters. The minimum Gasteiger partial charge on any atom is -0.309 e. The normalized spacial score (nSPS) is 12.3. The molecule has 0 aliphatic carbocycles. The van der Waals surface area contributed by atoms with Gasteiger partial charge in [0.15, 0.2) is 0 Å². The molecule has 0 amide bonds. The van der Waals surface area contributed by atoms with Gasteiger partial charge in [0.05, 0.1) is 66.9 Å². The highest BCUT2D eigenvalue weighted by Crippen LogP contribution is 2.53. The summed E-state index contributed by atoms with van der Waals surface area (Å²) in [4.78, 5) is 0. The van der Waals surface area contributed by atoms with Gasteiger partial charge in [-0.2, -0.15) is 0 Å². The number of aromatic nitrogens is 4. The number of hydrogen-bond acceptors (Lipinski definition) is 0. The first-order valence-corrected chi connectivity index (χ1v) is 51.5. The van der Waals surface area contributed by atoms with Crippen molar-refractivity contribution >= 4 is 281 Å². The zero-order valence-electron chi connectivity index (χ0n) is 80.3. The molecule has 4 heteroatoms. The van der Waals surface area contributed by atoms with E-state index in [4.69, 9.17) is 0 Å². The molecule has 34 rings (SSSR count). The van der Waals surface area contributed by atoms with Crippen LogP contribution in [0.4, 0.5) is 0 Å². The number of para-hydroxylation sites is 4. The molecule has 0 saturated carbocycles. The summed E-state index contributed by atoms with van der Waals surface area (Å²) >= 11 is 0. The number of hydrogen-bond donors (Lipinski definition) is 0. The van der Waals surface area contributed by atoms with Crippen molar-refractivity contribution in [1.82, 2.24) is 18.3 Å². The summed E-state index contributed by atoms with van der Waals surface area (Å²) in [5, 5.41) is 55.6. The summed E-state index contributed by atoms with van der Waals surface area (Å²) in [5.74, 6) is 0. The lowest BCUT2D eigenvalue weighted by atomic mass is 9.88. The Bertz CT molecular complexity index is 12000. The number of nitrogens with zero attached hydrogens (tertiary/aromatic N) is 4. The minimum atomic E-state index is 1.18. The smallest absolute Gasteiger partial charge is 0.0553 e. The third kappa shape index (κ3) is 11.5. The molecule has 0 fully saturated rings. The SMILES string of the molecule is c1ccc2c(c1)ccc1c2c(-n2c3ccccc3c3ccc(-c4ccc5c(c4)c4ccccc4n5-c4cc5c6ccccc6c6ccccc6c5c5c4ccc4ccccc45)cc32)cc2c3ccccc3c3ccccc3c21.c1ccc2c(c1)ccc1cc(-n3c4ccccc4c4cc(-c5ccc6c7ccccc7n(-c7cc8ccc9ccccc9c8c8c7ccc7ccccc78)c6c5)ccc43)c3ccc4ccccc4c3c12. The molecule has 680 valence electrons. The summed E-state index contributed by atoms with van der Waals surface area (Å²) in [6.45, 7) is 0. The Morgan fingerprint density at radius 1 is 0.0878 bits per heavy atom. The maximum absolute atomic E-state index is 2.57. The molecule has 34 aromatic rings. The fraction of sp³-hybridized carbons (Fsp3) is 0. The van der Waals surface area contributed by atoms with Crippen LogP contribution in [-0.2, 0) is 0 Å². The molecule has 0 N–H and O–H groups in total. The van der Waals surface area contributed by atoms with E-state index in [1.165, 1.54) is 326 Å². The fourth-order valence-corrected chi connectivity index (χ4v) is 26.8. The van der Waals surface area contributed by atoms with Crippen LogP contribution in [-0.4, -0.2) is 18.3 Å². The molecule has 4 heterocycles. The van der Waals surface area contributed by atoms with Crippen molar-refractivity contribution in [3.8, 4) is 45.0 Å². The molecule has 0 saturated heterocycles. The maximum atomic E-state index is 2.57. The summed E-state index contributed by atoms with van der Waals surface area (Å²) in [5.41, 5.74) is 19.0. The van der Waals surface area contributed by atoms with Crippen molar-refractivity contribution in [2.45, 2.75) is 0 Å². The van der Waals surface area contributed by atoms with Crippen LogP contribution in [0.25, 0.3) is 326 Å². The quantitative estimate of drug-likeness (QED) is 0.148. The van der Waals surface area contributed by atoms with Crippen molar-refractivity contribution < 1.29 is 0 Å².